The zero-order valence-corrected chi connectivity index (χ0v) is 21.2. The van der Waals surface area contributed by atoms with Crippen molar-refractivity contribution < 1.29 is 9.90 Å². The maximum atomic E-state index is 12.1. The molecular formula is C24H39IN4O2. The molecule has 31 heavy (non-hydrogen) atoms. The Labute approximate surface area is 204 Å². The molecule has 0 radical (unpaired) electrons. The molecule has 0 spiro atoms. The van der Waals surface area contributed by atoms with Gasteiger partial charge >= 0.3 is 0 Å². The maximum absolute atomic E-state index is 12.1. The SMILES string of the molecule is CCNC(=NCc1ccc(N2CCCCC2=O)cc1)NCC1(CCO)CCCCC1.I. The predicted octanol–water partition coefficient (Wildman–Crippen LogP) is 4.21. The third-order valence-electron chi connectivity index (χ3n) is 6.52. The molecule has 0 aromatic heterocycles. The molecule has 1 heterocycles. The van der Waals surface area contributed by atoms with Gasteiger partial charge in [-0.05, 0) is 62.1 Å². The molecule has 1 aliphatic heterocycles. The summed E-state index contributed by atoms with van der Waals surface area (Å²) in [6, 6.07) is 8.21. The summed E-state index contributed by atoms with van der Waals surface area (Å²) in [5, 5.41) is 16.4. The highest BCUT2D eigenvalue weighted by Gasteiger charge is 2.31. The lowest BCUT2D eigenvalue weighted by Crippen LogP contribution is -2.44. The normalized spacial score (nSPS) is 19.0. The van der Waals surface area contributed by atoms with E-state index in [2.05, 4.69) is 29.7 Å². The zero-order chi connectivity index (χ0) is 21.2. The number of hydrogen-bond acceptors (Lipinski definition) is 3. The molecule has 2 fully saturated rings. The van der Waals surface area contributed by atoms with Crippen LogP contribution in [0, 0.1) is 5.41 Å². The van der Waals surface area contributed by atoms with Gasteiger partial charge in [0.25, 0.3) is 0 Å². The monoisotopic (exact) mass is 542 g/mol. The lowest BCUT2D eigenvalue weighted by Gasteiger charge is -2.37. The molecule has 1 saturated carbocycles. The Morgan fingerprint density at radius 2 is 1.84 bits per heavy atom. The van der Waals surface area contributed by atoms with Gasteiger partial charge in [-0.25, -0.2) is 4.99 Å². The molecular weight excluding hydrogens is 503 g/mol. The molecule has 6 nitrogen and oxygen atoms in total. The van der Waals surface area contributed by atoms with Crippen molar-refractivity contribution >= 4 is 41.5 Å². The van der Waals surface area contributed by atoms with Gasteiger partial charge in [-0.1, -0.05) is 31.4 Å². The van der Waals surface area contributed by atoms with Crippen LogP contribution < -0.4 is 15.5 Å². The third kappa shape index (κ3) is 7.63. The van der Waals surface area contributed by atoms with E-state index in [0.717, 1.165) is 56.1 Å². The number of amides is 1. The molecule has 1 aromatic carbocycles. The van der Waals surface area contributed by atoms with Gasteiger partial charge in [0.15, 0.2) is 5.96 Å². The van der Waals surface area contributed by atoms with Crippen LogP contribution >= 0.6 is 24.0 Å². The summed E-state index contributed by atoms with van der Waals surface area (Å²) in [4.78, 5) is 18.8. The fourth-order valence-electron chi connectivity index (χ4n) is 4.70. The molecule has 7 heteroatoms. The lowest BCUT2D eigenvalue weighted by atomic mass is 9.72. The van der Waals surface area contributed by atoms with Gasteiger partial charge < -0.3 is 20.6 Å². The summed E-state index contributed by atoms with van der Waals surface area (Å²) in [5.74, 6) is 1.06. The number of hydrogen-bond donors (Lipinski definition) is 3. The van der Waals surface area contributed by atoms with E-state index in [1.165, 1.54) is 32.1 Å². The molecule has 1 aliphatic carbocycles. The van der Waals surface area contributed by atoms with Crippen LogP contribution in [0.25, 0.3) is 0 Å². The number of aliphatic hydroxyl groups is 1. The second-order valence-corrected chi connectivity index (χ2v) is 8.75. The summed E-state index contributed by atoms with van der Waals surface area (Å²) in [6.45, 7) is 5.41. The first-order valence-electron chi connectivity index (χ1n) is 11.7. The molecule has 1 amide bonds. The van der Waals surface area contributed by atoms with Crippen molar-refractivity contribution in [3.63, 3.8) is 0 Å². The van der Waals surface area contributed by atoms with Gasteiger partial charge in [0.2, 0.25) is 5.91 Å². The van der Waals surface area contributed by atoms with Crippen LogP contribution in [0.15, 0.2) is 29.3 Å². The number of aliphatic imine (C=N–C) groups is 1. The van der Waals surface area contributed by atoms with Crippen LogP contribution in [-0.4, -0.2) is 43.2 Å². The van der Waals surface area contributed by atoms with Gasteiger partial charge in [-0.15, -0.1) is 24.0 Å². The van der Waals surface area contributed by atoms with Gasteiger partial charge in [-0.3, -0.25) is 4.79 Å². The second-order valence-electron chi connectivity index (χ2n) is 8.75. The van der Waals surface area contributed by atoms with Crippen molar-refractivity contribution in [3.05, 3.63) is 29.8 Å². The maximum Gasteiger partial charge on any atom is 0.226 e. The molecule has 2 aliphatic rings. The number of carbonyl (C=O) groups is 1. The Balaban J connectivity index is 0.00000341. The standard InChI is InChI=1S/C24H38N4O2.HI/c1-2-25-23(27-19-24(15-17-29)13-5-3-6-14-24)26-18-20-9-11-21(12-10-20)28-16-7-4-8-22(28)30;/h9-12,29H,2-8,13-19H2,1H3,(H2,25,26,27);1H. The Hall–Kier alpha value is -1.35. The average molecular weight is 543 g/mol. The fourth-order valence-corrected chi connectivity index (χ4v) is 4.70. The number of halogens is 1. The van der Waals surface area contributed by atoms with E-state index < -0.39 is 0 Å². The highest BCUT2D eigenvalue weighted by molar-refractivity contribution is 14.0. The van der Waals surface area contributed by atoms with Crippen molar-refractivity contribution in [2.45, 2.75) is 71.3 Å². The van der Waals surface area contributed by atoms with Crippen molar-refractivity contribution in [1.29, 1.82) is 0 Å². The number of rotatable bonds is 8. The van der Waals surface area contributed by atoms with Crippen LogP contribution in [-0.2, 0) is 11.3 Å². The van der Waals surface area contributed by atoms with E-state index >= 15 is 0 Å². The number of nitrogens with one attached hydrogen (secondary N) is 2. The minimum Gasteiger partial charge on any atom is -0.396 e. The van der Waals surface area contributed by atoms with Crippen LogP contribution in [0.5, 0.6) is 0 Å². The van der Waals surface area contributed by atoms with Gasteiger partial charge in [0, 0.05) is 38.3 Å². The van der Waals surface area contributed by atoms with Crippen LogP contribution in [0.3, 0.4) is 0 Å². The highest BCUT2D eigenvalue weighted by Crippen LogP contribution is 2.38. The van der Waals surface area contributed by atoms with Gasteiger partial charge in [0.05, 0.1) is 6.54 Å². The summed E-state index contributed by atoms with van der Waals surface area (Å²) < 4.78 is 0. The molecule has 1 saturated heterocycles. The molecule has 1 aromatic rings. The average Bonchev–Trinajstić information content (AvgIpc) is 2.77. The van der Waals surface area contributed by atoms with E-state index in [9.17, 15) is 9.90 Å². The fraction of sp³-hybridized carbons (Fsp3) is 0.667. The summed E-state index contributed by atoms with van der Waals surface area (Å²) >= 11 is 0. The third-order valence-corrected chi connectivity index (χ3v) is 6.52. The van der Waals surface area contributed by atoms with E-state index in [4.69, 9.17) is 4.99 Å². The number of nitrogens with zero attached hydrogens (tertiary/aromatic N) is 2. The topological polar surface area (TPSA) is 77.0 Å². The first-order chi connectivity index (χ1) is 14.7. The van der Waals surface area contributed by atoms with Crippen LogP contribution in [0.4, 0.5) is 5.69 Å². The van der Waals surface area contributed by atoms with Crippen LogP contribution in [0.1, 0.15) is 70.3 Å². The second kappa shape index (κ2) is 13.3. The van der Waals surface area contributed by atoms with Crippen molar-refractivity contribution in [2.75, 3.05) is 31.1 Å². The largest absolute Gasteiger partial charge is 0.396 e. The summed E-state index contributed by atoms with van der Waals surface area (Å²) in [6.07, 6.45) is 9.75. The molecule has 0 atom stereocenters. The number of guanidine groups is 1. The first-order valence-corrected chi connectivity index (χ1v) is 11.7. The molecule has 3 rings (SSSR count). The molecule has 0 bridgehead atoms. The number of aliphatic hydroxyl groups excluding tert-OH is 1. The highest BCUT2D eigenvalue weighted by atomic mass is 127. The number of carbonyl (C=O) groups excluding carboxylic acids is 1. The van der Waals surface area contributed by atoms with E-state index in [0.29, 0.717) is 13.0 Å². The van der Waals surface area contributed by atoms with Gasteiger partial charge in [-0.2, -0.15) is 0 Å². The van der Waals surface area contributed by atoms with Gasteiger partial charge in [0.1, 0.15) is 0 Å². The minimum atomic E-state index is 0. The van der Waals surface area contributed by atoms with E-state index in [-0.39, 0.29) is 41.9 Å². The molecule has 3 N–H and O–H groups in total. The van der Waals surface area contributed by atoms with E-state index in [1.54, 1.807) is 0 Å². The summed E-state index contributed by atoms with van der Waals surface area (Å²) in [5.41, 5.74) is 2.30. The predicted molar refractivity (Wildman–Crippen MR) is 138 cm³/mol. The zero-order valence-electron chi connectivity index (χ0n) is 18.9. The van der Waals surface area contributed by atoms with Crippen molar-refractivity contribution in [3.8, 4) is 0 Å². The Bertz CT molecular complexity index is 697. The summed E-state index contributed by atoms with van der Waals surface area (Å²) in [7, 11) is 0. The van der Waals surface area contributed by atoms with Crippen LogP contribution in [0.2, 0.25) is 0 Å². The Kier molecular flexibility index (Phi) is 11.1. The van der Waals surface area contributed by atoms with Crippen molar-refractivity contribution in [1.82, 2.24) is 10.6 Å². The quantitative estimate of drug-likeness (QED) is 0.262. The van der Waals surface area contributed by atoms with Crippen molar-refractivity contribution in [2.24, 2.45) is 10.4 Å². The Morgan fingerprint density at radius 1 is 1.10 bits per heavy atom. The number of piperidine rings is 1. The van der Waals surface area contributed by atoms with E-state index in [1.807, 2.05) is 17.0 Å². The Morgan fingerprint density at radius 3 is 2.48 bits per heavy atom. The number of benzene rings is 1. The smallest absolute Gasteiger partial charge is 0.226 e. The number of anilines is 1. The first kappa shape index (κ1) is 25.9. The minimum absolute atomic E-state index is 0. The lowest BCUT2D eigenvalue weighted by molar-refractivity contribution is -0.119. The molecule has 174 valence electrons. The molecule has 0 unspecified atom stereocenters.